The lowest BCUT2D eigenvalue weighted by Crippen LogP contribution is -2.34. The maximum Gasteiger partial charge on any atom is 0.167 e. The molecule has 1 aliphatic rings. The molecule has 1 fully saturated rings. The number of hydrogen-bond donors (Lipinski definition) is 1. The van der Waals surface area contributed by atoms with Gasteiger partial charge in [-0.15, -0.1) is 10.2 Å². The van der Waals surface area contributed by atoms with Crippen molar-refractivity contribution < 1.29 is 4.74 Å². The number of morpholine rings is 1. The number of halogens is 1. The summed E-state index contributed by atoms with van der Waals surface area (Å²) in [6.07, 6.45) is 1.83. The minimum Gasteiger partial charge on any atom is -0.368 e. The predicted octanol–water partition coefficient (Wildman–Crippen LogP) is 1.04. The van der Waals surface area contributed by atoms with Crippen LogP contribution in [0.5, 0.6) is 0 Å². The normalized spacial score (nSPS) is 21.4. The Morgan fingerprint density at radius 3 is 3.25 bits per heavy atom. The number of nitrogens with one attached hydrogen (secondary N) is 1. The van der Waals surface area contributed by atoms with Crippen LogP contribution in [0.25, 0.3) is 5.65 Å². The molecule has 0 bridgehead atoms. The first kappa shape index (κ1) is 10.0. The molecule has 5 nitrogen and oxygen atoms in total. The van der Waals surface area contributed by atoms with E-state index in [9.17, 15) is 0 Å². The monoisotopic (exact) mass is 238 g/mol. The van der Waals surface area contributed by atoms with Crippen molar-refractivity contribution in [3.63, 3.8) is 0 Å². The van der Waals surface area contributed by atoms with Crippen molar-refractivity contribution in [2.24, 2.45) is 0 Å². The summed E-state index contributed by atoms with van der Waals surface area (Å²) in [4.78, 5) is 0. The first-order valence-electron chi connectivity index (χ1n) is 5.17. The molecule has 3 heterocycles. The zero-order valence-electron chi connectivity index (χ0n) is 8.56. The molecule has 16 heavy (non-hydrogen) atoms. The van der Waals surface area contributed by atoms with E-state index in [0.29, 0.717) is 11.6 Å². The summed E-state index contributed by atoms with van der Waals surface area (Å²) in [5.74, 6) is 0.818. The lowest BCUT2D eigenvalue weighted by Gasteiger charge is -2.21. The van der Waals surface area contributed by atoms with Crippen molar-refractivity contribution >= 4 is 17.2 Å². The van der Waals surface area contributed by atoms with Crippen LogP contribution in [0.15, 0.2) is 18.3 Å². The van der Waals surface area contributed by atoms with Gasteiger partial charge in [-0.25, -0.2) is 0 Å². The van der Waals surface area contributed by atoms with Crippen LogP contribution in [-0.4, -0.2) is 34.3 Å². The minimum absolute atomic E-state index is 0.0371. The van der Waals surface area contributed by atoms with E-state index >= 15 is 0 Å². The molecule has 1 atom stereocenters. The zero-order valence-corrected chi connectivity index (χ0v) is 9.31. The summed E-state index contributed by atoms with van der Waals surface area (Å²) < 4.78 is 7.55. The summed E-state index contributed by atoms with van der Waals surface area (Å²) in [5, 5.41) is 12.2. The second kappa shape index (κ2) is 4.01. The molecule has 0 aliphatic carbocycles. The summed E-state index contributed by atoms with van der Waals surface area (Å²) in [6.45, 7) is 2.36. The van der Waals surface area contributed by atoms with E-state index in [1.54, 1.807) is 6.07 Å². The van der Waals surface area contributed by atoms with Gasteiger partial charge in [0.05, 0.1) is 6.61 Å². The zero-order chi connectivity index (χ0) is 11.0. The lowest BCUT2D eigenvalue weighted by atomic mass is 10.3. The molecular weight excluding hydrogens is 228 g/mol. The van der Waals surface area contributed by atoms with Gasteiger partial charge < -0.3 is 10.1 Å². The van der Waals surface area contributed by atoms with Crippen LogP contribution in [-0.2, 0) is 4.74 Å². The third-order valence-corrected chi connectivity index (χ3v) is 2.85. The summed E-state index contributed by atoms with van der Waals surface area (Å²) in [7, 11) is 0. The summed E-state index contributed by atoms with van der Waals surface area (Å²) in [6, 6.07) is 3.60. The smallest absolute Gasteiger partial charge is 0.167 e. The van der Waals surface area contributed by atoms with Crippen LogP contribution >= 0.6 is 11.6 Å². The second-order valence-electron chi connectivity index (χ2n) is 3.69. The Morgan fingerprint density at radius 1 is 1.50 bits per heavy atom. The summed E-state index contributed by atoms with van der Waals surface area (Å²) >= 11 is 5.89. The van der Waals surface area contributed by atoms with E-state index < -0.39 is 0 Å². The number of aromatic nitrogens is 3. The fourth-order valence-corrected chi connectivity index (χ4v) is 1.99. The van der Waals surface area contributed by atoms with Gasteiger partial charge in [0.15, 0.2) is 11.5 Å². The van der Waals surface area contributed by atoms with Gasteiger partial charge in [-0.1, -0.05) is 11.6 Å². The molecule has 2 aromatic rings. The van der Waals surface area contributed by atoms with Gasteiger partial charge in [-0.3, -0.25) is 4.40 Å². The van der Waals surface area contributed by atoms with Crippen molar-refractivity contribution in [1.82, 2.24) is 19.9 Å². The van der Waals surface area contributed by atoms with Crippen molar-refractivity contribution in [2.45, 2.75) is 6.10 Å². The molecule has 1 unspecified atom stereocenters. The highest BCUT2D eigenvalue weighted by atomic mass is 35.5. The van der Waals surface area contributed by atoms with Gasteiger partial charge in [-0.05, 0) is 6.07 Å². The van der Waals surface area contributed by atoms with E-state index in [0.717, 1.165) is 24.6 Å². The van der Waals surface area contributed by atoms with Crippen molar-refractivity contribution in [3.05, 3.63) is 29.2 Å². The molecular formula is C10H11ClN4O. The van der Waals surface area contributed by atoms with Crippen LogP contribution in [0.2, 0.25) is 5.02 Å². The molecule has 1 N–H and O–H groups in total. The topological polar surface area (TPSA) is 51.5 Å². The van der Waals surface area contributed by atoms with Crippen molar-refractivity contribution in [2.75, 3.05) is 19.7 Å². The Hall–Kier alpha value is -1.17. The highest BCUT2D eigenvalue weighted by molar-refractivity contribution is 6.30. The van der Waals surface area contributed by atoms with E-state index in [1.807, 2.05) is 16.7 Å². The molecule has 1 saturated heterocycles. The van der Waals surface area contributed by atoms with E-state index in [-0.39, 0.29) is 6.10 Å². The number of nitrogens with zero attached hydrogens (tertiary/aromatic N) is 3. The molecule has 0 amide bonds. The average Bonchev–Trinajstić information content (AvgIpc) is 2.73. The first-order valence-corrected chi connectivity index (χ1v) is 5.55. The van der Waals surface area contributed by atoms with Gasteiger partial charge in [0.25, 0.3) is 0 Å². The number of pyridine rings is 1. The molecule has 2 aromatic heterocycles. The quantitative estimate of drug-likeness (QED) is 0.807. The fourth-order valence-electron chi connectivity index (χ4n) is 1.84. The van der Waals surface area contributed by atoms with E-state index in [2.05, 4.69) is 15.5 Å². The van der Waals surface area contributed by atoms with Crippen LogP contribution in [0.3, 0.4) is 0 Å². The lowest BCUT2D eigenvalue weighted by molar-refractivity contribution is 0.0215. The molecule has 84 valence electrons. The van der Waals surface area contributed by atoms with Gasteiger partial charge >= 0.3 is 0 Å². The highest BCUT2D eigenvalue weighted by Crippen LogP contribution is 2.19. The van der Waals surface area contributed by atoms with Crippen LogP contribution in [0, 0.1) is 0 Å². The minimum atomic E-state index is -0.0371. The predicted molar refractivity (Wildman–Crippen MR) is 59.6 cm³/mol. The Labute approximate surface area is 97.4 Å². The van der Waals surface area contributed by atoms with Crippen LogP contribution in [0.4, 0.5) is 0 Å². The Morgan fingerprint density at radius 2 is 2.44 bits per heavy atom. The highest BCUT2D eigenvalue weighted by Gasteiger charge is 2.21. The second-order valence-corrected chi connectivity index (χ2v) is 4.13. The molecule has 0 aromatic carbocycles. The number of hydrogen-bond acceptors (Lipinski definition) is 4. The first-order chi connectivity index (χ1) is 7.84. The van der Waals surface area contributed by atoms with E-state index in [4.69, 9.17) is 16.3 Å². The number of ether oxygens (including phenoxy) is 1. The Kier molecular flexibility index (Phi) is 2.51. The standard InChI is InChI=1S/C10H11ClN4O/c11-7-1-3-15-9(5-7)13-14-10(15)8-6-12-2-4-16-8/h1,3,5,8,12H,2,4,6H2. The number of rotatable bonds is 1. The van der Waals surface area contributed by atoms with E-state index in [1.165, 1.54) is 0 Å². The van der Waals surface area contributed by atoms with Gasteiger partial charge in [0.2, 0.25) is 0 Å². The molecule has 0 spiro atoms. The maximum atomic E-state index is 5.89. The Balaban J connectivity index is 2.03. The third-order valence-electron chi connectivity index (χ3n) is 2.61. The van der Waals surface area contributed by atoms with Gasteiger partial charge in [0, 0.05) is 30.4 Å². The van der Waals surface area contributed by atoms with Gasteiger partial charge in [-0.2, -0.15) is 0 Å². The van der Waals surface area contributed by atoms with Crippen molar-refractivity contribution in [1.29, 1.82) is 0 Å². The van der Waals surface area contributed by atoms with Gasteiger partial charge in [0.1, 0.15) is 6.10 Å². The molecule has 6 heteroatoms. The van der Waals surface area contributed by atoms with Crippen LogP contribution in [0.1, 0.15) is 11.9 Å². The van der Waals surface area contributed by atoms with Crippen molar-refractivity contribution in [3.8, 4) is 0 Å². The maximum absolute atomic E-state index is 5.89. The SMILES string of the molecule is Clc1ccn2c(C3CNCCO3)nnc2c1. The average molecular weight is 239 g/mol. The van der Waals surface area contributed by atoms with Crippen LogP contribution < -0.4 is 5.32 Å². The Bertz CT molecular complexity index is 506. The fraction of sp³-hybridized carbons (Fsp3) is 0.400. The largest absolute Gasteiger partial charge is 0.368 e. The summed E-state index contributed by atoms with van der Waals surface area (Å²) in [5.41, 5.74) is 0.747. The molecule has 0 saturated carbocycles. The molecule has 0 radical (unpaired) electrons. The number of fused-ring (bicyclic) bond motifs is 1. The molecule has 1 aliphatic heterocycles. The molecule has 3 rings (SSSR count). The third kappa shape index (κ3) is 1.67.